The first-order valence-electron chi connectivity index (χ1n) is 9.53. The maximum atomic E-state index is 12.8. The van der Waals surface area contributed by atoms with Crippen molar-refractivity contribution in [2.45, 2.75) is 24.3 Å². The van der Waals surface area contributed by atoms with Gasteiger partial charge >= 0.3 is 0 Å². The van der Waals surface area contributed by atoms with Crippen molar-refractivity contribution in [3.05, 3.63) is 78.5 Å². The molecule has 1 unspecified atom stereocenters. The van der Waals surface area contributed by atoms with Gasteiger partial charge in [-0.15, -0.1) is 0 Å². The zero-order chi connectivity index (χ0) is 20.3. The van der Waals surface area contributed by atoms with Gasteiger partial charge < -0.3 is 9.64 Å². The summed E-state index contributed by atoms with van der Waals surface area (Å²) in [5, 5.41) is 0. The van der Waals surface area contributed by atoms with Crippen molar-refractivity contribution < 1.29 is 13.2 Å². The van der Waals surface area contributed by atoms with E-state index in [1.165, 1.54) is 0 Å². The number of sulfonamides is 1. The van der Waals surface area contributed by atoms with Crippen LogP contribution in [0.4, 0.5) is 5.82 Å². The number of hydrogen-bond donors (Lipinski definition) is 1. The van der Waals surface area contributed by atoms with Crippen LogP contribution in [0.2, 0.25) is 0 Å². The number of ether oxygens (including phenoxy) is 1. The Balaban J connectivity index is 1.41. The Morgan fingerprint density at radius 2 is 1.79 bits per heavy atom. The minimum absolute atomic E-state index is 0.148. The summed E-state index contributed by atoms with van der Waals surface area (Å²) in [6, 6.07) is 19.8. The molecule has 0 saturated carbocycles. The van der Waals surface area contributed by atoms with Crippen LogP contribution >= 0.6 is 0 Å². The minimum Gasteiger partial charge on any atom is -0.457 e. The summed E-state index contributed by atoms with van der Waals surface area (Å²) in [7, 11) is -3.60. The second-order valence-corrected chi connectivity index (χ2v) is 8.79. The van der Waals surface area contributed by atoms with Crippen molar-refractivity contribution in [3.63, 3.8) is 0 Å². The topological polar surface area (TPSA) is 71.5 Å². The molecule has 0 aliphatic carbocycles. The second-order valence-electron chi connectivity index (χ2n) is 7.08. The van der Waals surface area contributed by atoms with Crippen LogP contribution in [0.15, 0.2) is 77.8 Å². The van der Waals surface area contributed by atoms with Crippen LogP contribution in [0, 0.1) is 6.92 Å². The van der Waals surface area contributed by atoms with Gasteiger partial charge in [0.25, 0.3) is 0 Å². The molecule has 0 spiro atoms. The summed E-state index contributed by atoms with van der Waals surface area (Å²) in [5.41, 5.74) is 1.02. The van der Waals surface area contributed by atoms with Crippen molar-refractivity contribution in [2.75, 3.05) is 18.0 Å². The van der Waals surface area contributed by atoms with Crippen LogP contribution in [0.3, 0.4) is 0 Å². The molecule has 1 fully saturated rings. The molecule has 2 heterocycles. The summed E-state index contributed by atoms with van der Waals surface area (Å²) in [5.74, 6) is 2.22. The van der Waals surface area contributed by atoms with Gasteiger partial charge in [-0.3, -0.25) is 0 Å². The number of hydrogen-bond acceptors (Lipinski definition) is 5. The van der Waals surface area contributed by atoms with Crippen molar-refractivity contribution in [2.24, 2.45) is 0 Å². The van der Waals surface area contributed by atoms with Gasteiger partial charge in [0.15, 0.2) is 0 Å². The summed E-state index contributed by atoms with van der Waals surface area (Å²) in [6.45, 7) is 3.34. The fourth-order valence-electron chi connectivity index (χ4n) is 3.38. The molecular weight excluding hydrogens is 386 g/mol. The highest BCUT2D eigenvalue weighted by Crippen LogP contribution is 2.26. The van der Waals surface area contributed by atoms with E-state index >= 15 is 0 Å². The first-order chi connectivity index (χ1) is 14.0. The van der Waals surface area contributed by atoms with Crippen molar-refractivity contribution in [1.29, 1.82) is 0 Å². The zero-order valence-corrected chi connectivity index (χ0v) is 17.0. The lowest BCUT2D eigenvalue weighted by Gasteiger charge is -2.18. The molecule has 4 rings (SSSR count). The molecule has 0 radical (unpaired) electrons. The lowest BCUT2D eigenvalue weighted by molar-refractivity contribution is 0.478. The molecule has 1 aromatic heterocycles. The standard InChI is InChI=1S/C22H23N3O3S/c1-17-6-2-3-7-21(17)28-19-9-11-20(12-10-19)29(26,27)24-18-13-15-25(16-18)22-8-4-5-14-23-22/h2-12,14,18,24H,13,15-16H2,1H3. The summed E-state index contributed by atoms with van der Waals surface area (Å²) >= 11 is 0. The molecule has 7 heteroatoms. The molecule has 3 aromatic rings. The molecule has 1 aliphatic rings. The molecular formula is C22H23N3O3S. The Labute approximate surface area is 171 Å². The monoisotopic (exact) mass is 409 g/mol. The molecule has 0 amide bonds. The molecule has 1 atom stereocenters. The number of nitrogens with zero attached hydrogens (tertiary/aromatic N) is 2. The number of rotatable bonds is 6. The van der Waals surface area contributed by atoms with Crippen molar-refractivity contribution in [1.82, 2.24) is 9.71 Å². The lowest BCUT2D eigenvalue weighted by atomic mass is 10.2. The van der Waals surface area contributed by atoms with E-state index in [4.69, 9.17) is 4.74 Å². The van der Waals surface area contributed by atoms with Crippen LogP contribution in [0.5, 0.6) is 11.5 Å². The Hall–Kier alpha value is -2.90. The molecule has 0 bridgehead atoms. The fourth-order valence-corrected chi connectivity index (χ4v) is 4.64. The van der Waals surface area contributed by atoms with Crippen LogP contribution in [-0.2, 0) is 10.0 Å². The largest absolute Gasteiger partial charge is 0.457 e. The van der Waals surface area contributed by atoms with Gasteiger partial charge in [0.2, 0.25) is 10.0 Å². The molecule has 29 heavy (non-hydrogen) atoms. The van der Waals surface area contributed by atoms with Crippen LogP contribution in [0.1, 0.15) is 12.0 Å². The van der Waals surface area contributed by atoms with Crippen LogP contribution < -0.4 is 14.4 Å². The van der Waals surface area contributed by atoms with Gasteiger partial charge in [0.05, 0.1) is 4.90 Å². The zero-order valence-electron chi connectivity index (χ0n) is 16.2. The number of pyridine rings is 1. The highest BCUT2D eigenvalue weighted by atomic mass is 32.2. The maximum Gasteiger partial charge on any atom is 0.240 e. The number of aromatic nitrogens is 1. The third kappa shape index (κ3) is 4.58. The van der Waals surface area contributed by atoms with Gasteiger partial charge in [-0.05, 0) is 61.4 Å². The predicted molar refractivity (Wildman–Crippen MR) is 113 cm³/mol. The smallest absolute Gasteiger partial charge is 0.240 e. The Morgan fingerprint density at radius 1 is 1.03 bits per heavy atom. The molecule has 2 aromatic carbocycles. The number of anilines is 1. The number of benzene rings is 2. The van der Waals surface area contributed by atoms with E-state index in [1.807, 2.05) is 49.4 Å². The predicted octanol–water partition coefficient (Wildman–Crippen LogP) is 3.74. The third-order valence-electron chi connectivity index (χ3n) is 4.94. The fraction of sp³-hybridized carbons (Fsp3) is 0.227. The van der Waals surface area contributed by atoms with E-state index in [1.54, 1.807) is 30.5 Å². The van der Waals surface area contributed by atoms with Gasteiger partial charge in [0.1, 0.15) is 17.3 Å². The van der Waals surface area contributed by atoms with Crippen molar-refractivity contribution in [3.8, 4) is 11.5 Å². The molecule has 150 valence electrons. The average molecular weight is 410 g/mol. The number of para-hydroxylation sites is 1. The quantitative estimate of drug-likeness (QED) is 0.672. The first-order valence-corrected chi connectivity index (χ1v) is 11.0. The van der Waals surface area contributed by atoms with Gasteiger partial charge in [-0.2, -0.15) is 0 Å². The first kappa shape index (κ1) is 19.4. The number of aryl methyl sites for hydroxylation is 1. The Morgan fingerprint density at radius 3 is 2.52 bits per heavy atom. The molecule has 1 saturated heterocycles. The van der Waals surface area contributed by atoms with Crippen molar-refractivity contribution >= 4 is 15.8 Å². The lowest BCUT2D eigenvalue weighted by Crippen LogP contribution is -2.37. The van der Waals surface area contributed by atoms with Gasteiger partial charge in [-0.25, -0.2) is 18.1 Å². The SMILES string of the molecule is Cc1ccccc1Oc1ccc(S(=O)(=O)NC2CCN(c3ccccn3)C2)cc1. The van der Waals surface area contributed by atoms with E-state index < -0.39 is 10.0 Å². The molecule has 1 aliphatic heterocycles. The second kappa shape index (κ2) is 8.23. The van der Waals surface area contributed by atoms with E-state index in [0.717, 1.165) is 30.1 Å². The van der Waals surface area contributed by atoms with E-state index in [0.29, 0.717) is 12.3 Å². The summed E-state index contributed by atoms with van der Waals surface area (Å²) < 4.78 is 34.2. The average Bonchev–Trinajstić information content (AvgIpc) is 3.19. The minimum atomic E-state index is -3.60. The van der Waals surface area contributed by atoms with Crippen LogP contribution in [0.25, 0.3) is 0 Å². The van der Waals surface area contributed by atoms with Crippen LogP contribution in [-0.4, -0.2) is 32.5 Å². The van der Waals surface area contributed by atoms with E-state index in [-0.39, 0.29) is 10.9 Å². The highest BCUT2D eigenvalue weighted by molar-refractivity contribution is 7.89. The van der Waals surface area contributed by atoms with Gasteiger partial charge in [0, 0.05) is 25.3 Å². The van der Waals surface area contributed by atoms with Gasteiger partial charge in [-0.1, -0.05) is 24.3 Å². The maximum absolute atomic E-state index is 12.8. The van der Waals surface area contributed by atoms with E-state index in [2.05, 4.69) is 14.6 Å². The number of nitrogens with one attached hydrogen (secondary N) is 1. The molecule has 6 nitrogen and oxygen atoms in total. The highest BCUT2D eigenvalue weighted by Gasteiger charge is 2.28. The summed E-state index contributed by atoms with van der Waals surface area (Å²) in [4.78, 5) is 6.65. The molecule has 1 N–H and O–H groups in total. The summed E-state index contributed by atoms with van der Waals surface area (Å²) in [6.07, 6.45) is 2.48. The Bertz CT molecular complexity index is 1070. The normalized spacial score (nSPS) is 16.7. The Kier molecular flexibility index (Phi) is 5.51. The van der Waals surface area contributed by atoms with E-state index in [9.17, 15) is 8.42 Å². The third-order valence-corrected chi connectivity index (χ3v) is 6.48.